The third-order valence-electron chi connectivity index (χ3n) is 3.54. The summed E-state index contributed by atoms with van der Waals surface area (Å²) in [5.74, 6) is 1.22. The minimum atomic E-state index is -0.0399. The maximum Gasteiger partial charge on any atom is 0.323 e. The van der Waals surface area contributed by atoms with E-state index >= 15 is 0 Å². The Kier molecular flexibility index (Phi) is 3.06. The molecule has 1 aliphatic heterocycles. The van der Waals surface area contributed by atoms with Gasteiger partial charge in [-0.05, 0) is 38.1 Å². The smallest absolute Gasteiger partial charge is 0.323 e. The SMILES string of the molecule is CCOC(=O)[C@@H]1NC[C@H]2CCCC[C@H]21. The summed E-state index contributed by atoms with van der Waals surface area (Å²) in [4.78, 5) is 11.6. The monoisotopic (exact) mass is 197 g/mol. The van der Waals surface area contributed by atoms with Crippen molar-refractivity contribution in [3.63, 3.8) is 0 Å². The van der Waals surface area contributed by atoms with Crippen LogP contribution in [0.4, 0.5) is 0 Å². The van der Waals surface area contributed by atoms with E-state index in [-0.39, 0.29) is 12.0 Å². The summed E-state index contributed by atoms with van der Waals surface area (Å²) in [5, 5.41) is 3.31. The highest BCUT2D eigenvalue weighted by Gasteiger charge is 2.41. The summed E-state index contributed by atoms with van der Waals surface area (Å²) in [6.07, 6.45) is 5.09. The maximum absolute atomic E-state index is 11.6. The Morgan fingerprint density at radius 3 is 3.00 bits per heavy atom. The van der Waals surface area contributed by atoms with Crippen LogP contribution >= 0.6 is 0 Å². The summed E-state index contributed by atoms with van der Waals surface area (Å²) >= 11 is 0. The van der Waals surface area contributed by atoms with E-state index in [1.165, 1.54) is 25.7 Å². The Morgan fingerprint density at radius 1 is 1.43 bits per heavy atom. The molecule has 0 unspecified atom stereocenters. The zero-order valence-electron chi connectivity index (χ0n) is 8.79. The number of hydrogen-bond acceptors (Lipinski definition) is 3. The first-order valence-electron chi connectivity index (χ1n) is 5.73. The second kappa shape index (κ2) is 4.30. The highest BCUT2D eigenvalue weighted by molar-refractivity contribution is 5.76. The molecule has 0 aromatic carbocycles. The topological polar surface area (TPSA) is 38.3 Å². The van der Waals surface area contributed by atoms with Gasteiger partial charge in [-0.2, -0.15) is 0 Å². The lowest BCUT2D eigenvalue weighted by molar-refractivity contribution is -0.146. The summed E-state index contributed by atoms with van der Waals surface area (Å²) < 4.78 is 5.07. The minimum Gasteiger partial charge on any atom is -0.465 e. The lowest BCUT2D eigenvalue weighted by Crippen LogP contribution is -2.38. The van der Waals surface area contributed by atoms with Crippen molar-refractivity contribution >= 4 is 5.97 Å². The Hall–Kier alpha value is -0.570. The first kappa shape index (κ1) is 9.97. The van der Waals surface area contributed by atoms with Gasteiger partial charge in [-0.15, -0.1) is 0 Å². The molecule has 1 aliphatic carbocycles. The molecule has 0 aromatic heterocycles. The molecular weight excluding hydrogens is 178 g/mol. The van der Waals surface area contributed by atoms with Gasteiger partial charge in [-0.25, -0.2) is 0 Å². The molecule has 2 fully saturated rings. The van der Waals surface area contributed by atoms with Gasteiger partial charge < -0.3 is 10.1 Å². The van der Waals surface area contributed by atoms with Crippen molar-refractivity contribution in [2.45, 2.75) is 38.6 Å². The van der Waals surface area contributed by atoms with Crippen molar-refractivity contribution in [3.05, 3.63) is 0 Å². The predicted octanol–water partition coefficient (Wildman–Crippen LogP) is 1.33. The molecule has 80 valence electrons. The summed E-state index contributed by atoms with van der Waals surface area (Å²) in [7, 11) is 0. The van der Waals surface area contributed by atoms with Crippen LogP contribution in [-0.2, 0) is 9.53 Å². The van der Waals surface area contributed by atoms with E-state index in [9.17, 15) is 4.79 Å². The number of esters is 1. The zero-order valence-corrected chi connectivity index (χ0v) is 8.79. The molecule has 1 saturated carbocycles. The predicted molar refractivity (Wildman–Crippen MR) is 53.9 cm³/mol. The third kappa shape index (κ3) is 1.78. The van der Waals surface area contributed by atoms with Crippen molar-refractivity contribution in [2.75, 3.05) is 13.2 Å². The van der Waals surface area contributed by atoms with E-state index < -0.39 is 0 Å². The number of fused-ring (bicyclic) bond motifs is 1. The van der Waals surface area contributed by atoms with Crippen molar-refractivity contribution in [1.82, 2.24) is 5.32 Å². The molecule has 2 aliphatic rings. The number of rotatable bonds is 2. The molecular formula is C11H19NO2. The molecule has 1 saturated heterocycles. The molecule has 0 amide bonds. The molecule has 0 spiro atoms. The maximum atomic E-state index is 11.6. The second-order valence-electron chi connectivity index (χ2n) is 4.35. The number of hydrogen-bond donors (Lipinski definition) is 1. The summed E-state index contributed by atoms with van der Waals surface area (Å²) in [5.41, 5.74) is 0. The first-order chi connectivity index (χ1) is 6.83. The summed E-state index contributed by atoms with van der Waals surface area (Å²) in [6, 6.07) is -0.0137. The van der Waals surface area contributed by atoms with Crippen molar-refractivity contribution in [3.8, 4) is 0 Å². The number of nitrogens with one attached hydrogen (secondary N) is 1. The molecule has 0 radical (unpaired) electrons. The van der Waals surface area contributed by atoms with Crippen LogP contribution < -0.4 is 5.32 Å². The van der Waals surface area contributed by atoms with Gasteiger partial charge in [0.25, 0.3) is 0 Å². The lowest BCUT2D eigenvalue weighted by atomic mass is 9.78. The fourth-order valence-corrected chi connectivity index (χ4v) is 2.85. The molecule has 0 aromatic rings. The van der Waals surface area contributed by atoms with Crippen molar-refractivity contribution in [1.29, 1.82) is 0 Å². The van der Waals surface area contributed by atoms with Gasteiger partial charge in [0.1, 0.15) is 6.04 Å². The van der Waals surface area contributed by atoms with Gasteiger partial charge in [0, 0.05) is 0 Å². The van der Waals surface area contributed by atoms with E-state index in [0.717, 1.165) is 12.5 Å². The number of ether oxygens (including phenoxy) is 1. The fraction of sp³-hybridized carbons (Fsp3) is 0.909. The van der Waals surface area contributed by atoms with E-state index in [4.69, 9.17) is 4.74 Å². The van der Waals surface area contributed by atoms with Crippen LogP contribution in [0.3, 0.4) is 0 Å². The van der Waals surface area contributed by atoms with Crippen LogP contribution in [0.5, 0.6) is 0 Å². The van der Waals surface area contributed by atoms with E-state index in [1.54, 1.807) is 0 Å². The van der Waals surface area contributed by atoms with Crippen LogP contribution in [0.2, 0.25) is 0 Å². The standard InChI is InChI=1S/C11H19NO2/c1-2-14-11(13)10-9-6-4-3-5-8(9)7-12-10/h8-10,12H,2-7H2,1H3/t8-,9-,10-/m1/s1. The van der Waals surface area contributed by atoms with Crippen LogP contribution in [-0.4, -0.2) is 25.2 Å². The zero-order chi connectivity index (χ0) is 9.97. The Balaban J connectivity index is 1.96. The minimum absolute atomic E-state index is 0.0137. The van der Waals surface area contributed by atoms with Gasteiger partial charge in [0.05, 0.1) is 6.61 Å². The Bertz CT molecular complexity index is 217. The largest absolute Gasteiger partial charge is 0.465 e. The van der Waals surface area contributed by atoms with Gasteiger partial charge in [0.2, 0.25) is 0 Å². The second-order valence-corrected chi connectivity index (χ2v) is 4.35. The molecule has 3 heteroatoms. The van der Waals surface area contributed by atoms with Crippen LogP contribution in [0, 0.1) is 11.8 Å². The molecule has 0 bridgehead atoms. The van der Waals surface area contributed by atoms with Gasteiger partial charge in [-0.3, -0.25) is 4.79 Å². The van der Waals surface area contributed by atoms with Gasteiger partial charge >= 0.3 is 5.97 Å². The Morgan fingerprint density at radius 2 is 2.21 bits per heavy atom. The van der Waals surface area contributed by atoms with Crippen LogP contribution in [0.1, 0.15) is 32.6 Å². The first-order valence-corrected chi connectivity index (χ1v) is 5.73. The molecule has 1 heterocycles. The fourth-order valence-electron chi connectivity index (χ4n) is 2.85. The lowest BCUT2D eigenvalue weighted by Gasteiger charge is -2.26. The van der Waals surface area contributed by atoms with E-state index in [0.29, 0.717) is 12.5 Å². The van der Waals surface area contributed by atoms with Gasteiger partial charge in [0.15, 0.2) is 0 Å². The van der Waals surface area contributed by atoms with E-state index in [1.807, 2.05) is 6.92 Å². The third-order valence-corrected chi connectivity index (χ3v) is 3.54. The van der Waals surface area contributed by atoms with Crippen molar-refractivity contribution < 1.29 is 9.53 Å². The highest BCUT2D eigenvalue weighted by Crippen LogP contribution is 2.36. The molecule has 1 N–H and O–H groups in total. The number of carbonyl (C=O) groups is 1. The van der Waals surface area contributed by atoms with Crippen LogP contribution in [0.25, 0.3) is 0 Å². The summed E-state index contributed by atoms with van der Waals surface area (Å²) in [6.45, 7) is 3.37. The van der Waals surface area contributed by atoms with Crippen LogP contribution in [0.15, 0.2) is 0 Å². The quantitative estimate of drug-likeness (QED) is 0.679. The number of carbonyl (C=O) groups excluding carboxylic acids is 1. The molecule has 14 heavy (non-hydrogen) atoms. The van der Waals surface area contributed by atoms with Gasteiger partial charge in [-0.1, -0.05) is 12.8 Å². The molecule has 2 rings (SSSR count). The van der Waals surface area contributed by atoms with Crippen molar-refractivity contribution in [2.24, 2.45) is 11.8 Å². The average Bonchev–Trinajstić information content (AvgIpc) is 2.61. The normalized spacial score (nSPS) is 36.5. The van der Waals surface area contributed by atoms with E-state index in [2.05, 4.69) is 5.32 Å². The highest BCUT2D eigenvalue weighted by atomic mass is 16.5. The molecule has 3 nitrogen and oxygen atoms in total. The molecule has 3 atom stereocenters. The average molecular weight is 197 g/mol. The Labute approximate surface area is 85.2 Å².